The predicted octanol–water partition coefficient (Wildman–Crippen LogP) is 3.59. The lowest BCUT2D eigenvalue weighted by Gasteiger charge is -2.28. The lowest BCUT2D eigenvalue weighted by atomic mass is 9.96. The van der Waals surface area contributed by atoms with Crippen LogP contribution in [0, 0.1) is 4.77 Å². The number of aliphatic hydroxyl groups excluding tert-OH is 1. The van der Waals surface area contributed by atoms with Gasteiger partial charge in [0.15, 0.2) is 11.0 Å². The summed E-state index contributed by atoms with van der Waals surface area (Å²) in [6, 6.07) is 11.8. The number of ether oxygens (including phenoxy) is 2. The molecule has 12 nitrogen and oxygen atoms in total. The number of aliphatic hydroxyl groups is 2. The number of nitrogens with zero attached hydrogens (tertiary/aromatic N) is 1. The topological polar surface area (TPSA) is 161 Å². The van der Waals surface area contributed by atoms with Gasteiger partial charge < -0.3 is 24.2 Å². The highest BCUT2D eigenvalue weighted by Gasteiger charge is 2.54. The summed E-state index contributed by atoms with van der Waals surface area (Å²) in [6.45, 7) is 1.49. The number of benzene rings is 2. The van der Waals surface area contributed by atoms with Crippen molar-refractivity contribution in [1.82, 2.24) is 14.6 Å². The van der Waals surface area contributed by atoms with Gasteiger partial charge in [-0.25, -0.2) is 4.57 Å². The van der Waals surface area contributed by atoms with Crippen LogP contribution in [0.25, 0.3) is 10.8 Å². The van der Waals surface area contributed by atoms with Crippen molar-refractivity contribution < 1.29 is 40.8 Å². The van der Waals surface area contributed by atoms with Crippen LogP contribution in [0.15, 0.2) is 59.5 Å². The highest BCUT2D eigenvalue weighted by atomic mass is 32.1. The van der Waals surface area contributed by atoms with Gasteiger partial charge in [0.25, 0.3) is 5.56 Å². The predicted molar refractivity (Wildman–Crippen MR) is 153 cm³/mol. The average Bonchev–Trinajstić information content (AvgIpc) is 3.17. The highest BCUT2D eigenvalue weighted by Crippen LogP contribution is 2.48. The van der Waals surface area contributed by atoms with Gasteiger partial charge in [0.2, 0.25) is 0 Å². The molecule has 4 rings (SSSR count). The minimum absolute atomic E-state index is 0.0635. The average molecular weight is 610 g/mol. The molecule has 1 aliphatic rings. The second-order valence-corrected chi connectivity index (χ2v) is 11.7. The molecule has 0 spiro atoms. The standard InChI is InChI=1S/C27H34N3O9PS/c1-4-5-15-36-24(33)17(2)29-40(35,39-20-12-8-10-18-9-6-7-11-19(18)20)37-16-21-23(32)27(3,34)25(38-21)30-14-13-22(31)28-26(30)41/h6-14,17,21,23,25,32,34H,4-5,15-16H2,1-3H3,(H,29,35)(H,28,31,41)/t17-,21+,23-,25+,27?,40?/m0/s1/i16D2. The maximum atomic E-state index is 14.3. The Morgan fingerprint density at radius 2 is 2.05 bits per heavy atom. The number of esters is 1. The Labute approximate surface area is 244 Å². The normalized spacial score (nSPS) is 25.6. The van der Waals surface area contributed by atoms with E-state index >= 15 is 0 Å². The largest absolute Gasteiger partial charge is 0.465 e. The van der Waals surface area contributed by atoms with Crippen molar-refractivity contribution in [2.45, 2.75) is 63.7 Å². The maximum Gasteiger partial charge on any atom is 0.459 e. The van der Waals surface area contributed by atoms with E-state index in [1.54, 1.807) is 36.4 Å². The molecule has 222 valence electrons. The molecule has 4 N–H and O–H groups in total. The number of carbonyl (C=O) groups is 1. The van der Waals surface area contributed by atoms with Crippen molar-refractivity contribution in [3.63, 3.8) is 0 Å². The molecule has 1 saturated heterocycles. The number of nitrogens with one attached hydrogen (secondary N) is 2. The first kappa shape index (κ1) is 28.2. The number of fused-ring (bicyclic) bond motifs is 1. The van der Waals surface area contributed by atoms with E-state index in [2.05, 4.69) is 10.1 Å². The smallest absolute Gasteiger partial charge is 0.459 e. The first-order valence-corrected chi connectivity index (χ1v) is 14.9. The lowest BCUT2D eigenvalue weighted by molar-refractivity contribution is -0.145. The van der Waals surface area contributed by atoms with Crippen molar-refractivity contribution in [3.8, 4) is 5.75 Å². The SMILES string of the molecule is [2H]C([2H])(OP(=O)(N[C@@H](C)C(=O)OCCCC)Oc1cccc2ccccc12)[C@H]1O[C@@H](n2ccc(=O)[nH]c2=S)C(C)(O)[C@H]1O. The Morgan fingerprint density at radius 3 is 2.78 bits per heavy atom. The molecule has 1 fully saturated rings. The van der Waals surface area contributed by atoms with Crippen LogP contribution in [0.3, 0.4) is 0 Å². The van der Waals surface area contributed by atoms with Gasteiger partial charge in [0, 0.05) is 17.6 Å². The van der Waals surface area contributed by atoms with Crippen LogP contribution < -0.4 is 15.2 Å². The van der Waals surface area contributed by atoms with Gasteiger partial charge in [-0.3, -0.25) is 23.7 Å². The van der Waals surface area contributed by atoms with Gasteiger partial charge in [0.1, 0.15) is 29.6 Å². The second kappa shape index (κ2) is 13.0. The zero-order valence-corrected chi connectivity index (χ0v) is 24.4. The first-order chi connectivity index (χ1) is 20.2. The van der Waals surface area contributed by atoms with Gasteiger partial charge in [-0.05, 0) is 43.9 Å². The summed E-state index contributed by atoms with van der Waals surface area (Å²) in [4.78, 5) is 26.6. The van der Waals surface area contributed by atoms with E-state index in [0.29, 0.717) is 11.8 Å². The Bertz CT molecular complexity index is 1630. The summed E-state index contributed by atoms with van der Waals surface area (Å²) in [7, 11) is -4.82. The fourth-order valence-corrected chi connectivity index (χ4v) is 5.82. The third kappa shape index (κ3) is 7.12. The number of rotatable bonds is 12. The summed E-state index contributed by atoms with van der Waals surface area (Å²) in [6.07, 6.45) is -2.76. The van der Waals surface area contributed by atoms with Crippen LogP contribution in [0.4, 0.5) is 0 Å². The third-order valence-electron chi connectivity index (χ3n) is 6.47. The molecular formula is C27H34N3O9PS. The molecule has 41 heavy (non-hydrogen) atoms. The summed E-state index contributed by atoms with van der Waals surface area (Å²) in [5.74, 6) is -0.708. The number of H-pyrrole nitrogens is 1. The molecule has 14 heteroatoms. The Hall–Kier alpha value is -2.90. The van der Waals surface area contributed by atoms with E-state index < -0.39 is 55.9 Å². The minimum atomic E-state index is -4.82. The molecule has 0 bridgehead atoms. The number of hydrogen-bond acceptors (Lipinski definition) is 10. The van der Waals surface area contributed by atoms with Gasteiger partial charge in [-0.2, -0.15) is 5.09 Å². The van der Waals surface area contributed by atoms with Gasteiger partial charge in [-0.1, -0.05) is 49.7 Å². The summed E-state index contributed by atoms with van der Waals surface area (Å²) in [5.41, 5.74) is -2.67. The summed E-state index contributed by atoms with van der Waals surface area (Å²) in [5, 5.41) is 25.9. The van der Waals surface area contributed by atoms with Crippen LogP contribution in [0.2, 0.25) is 0 Å². The lowest BCUT2D eigenvalue weighted by Crippen LogP contribution is -2.45. The molecule has 3 aromatic rings. The summed E-state index contributed by atoms with van der Waals surface area (Å²) < 4.78 is 54.8. The van der Waals surface area contributed by atoms with Crippen molar-refractivity contribution in [2.24, 2.45) is 0 Å². The molecule has 0 saturated carbocycles. The number of aromatic nitrogens is 2. The van der Waals surface area contributed by atoms with Crippen molar-refractivity contribution in [3.05, 3.63) is 69.9 Å². The van der Waals surface area contributed by atoms with E-state index in [-0.39, 0.29) is 17.1 Å². The Balaban J connectivity index is 1.67. The molecule has 0 aliphatic carbocycles. The number of aromatic amines is 1. The molecule has 1 aliphatic heterocycles. The highest BCUT2D eigenvalue weighted by molar-refractivity contribution is 7.71. The van der Waals surface area contributed by atoms with Crippen molar-refractivity contribution in [2.75, 3.05) is 13.2 Å². The molecular weight excluding hydrogens is 573 g/mol. The Kier molecular flexibility index (Phi) is 8.92. The Morgan fingerprint density at radius 1 is 1.32 bits per heavy atom. The molecule has 1 aromatic heterocycles. The summed E-state index contributed by atoms with van der Waals surface area (Å²) >= 11 is 5.15. The zero-order valence-electron chi connectivity index (χ0n) is 24.7. The maximum absolute atomic E-state index is 14.3. The minimum Gasteiger partial charge on any atom is -0.465 e. The van der Waals surface area contributed by atoms with E-state index in [1.165, 1.54) is 26.1 Å². The van der Waals surface area contributed by atoms with E-state index in [0.717, 1.165) is 22.4 Å². The molecule has 2 heterocycles. The van der Waals surface area contributed by atoms with Crippen LogP contribution in [-0.4, -0.2) is 62.8 Å². The fourth-order valence-electron chi connectivity index (χ4n) is 4.18. The number of hydrogen-bond donors (Lipinski definition) is 4. The third-order valence-corrected chi connectivity index (χ3v) is 8.27. The van der Waals surface area contributed by atoms with E-state index in [4.69, 9.17) is 33.5 Å². The monoisotopic (exact) mass is 609 g/mol. The van der Waals surface area contributed by atoms with Crippen molar-refractivity contribution >= 4 is 36.7 Å². The van der Waals surface area contributed by atoms with Gasteiger partial charge in [0.05, 0.1) is 15.9 Å². The molecule has 6 atom stereocenters. The number of carbonyl (C=O) groups excluding carboxylic acids is 1. The number of unbranched alkanes of at least 4 members (excludes halogenated alkanes) is 1. The molecule has 2 aromatic carbocycles. The first-order valence-electron chi connectivity index (χ1n) is 14.0. The van der Waals surface area contributed by atoms with E-state index in [9.17, 15) is 24.4 Å². The molecule has 0 amide bonds. The fraction of sp³-hybridized carbons (Fsp3) is 0.444. The van der Waals surface area contributed by atoms with Crippen LogP contribution in [-0.2, 0) is 23.4 Å². The quantitative estimate of drug-likeness (QED) is 0.103. The van der Waals surface area contributed by atoms with Gasteiger partial charge in [-0.15, -0.1) is 0 Å². The molecule has 2 unspecified atom stereocenters. The van der Waals surface area contributed by atoms with E-state index in [1.807, 2.05) is 6.92 Å². The van der Waals surface area contributed by atoms with Crippen molar-refractivity contribution in [1.29, 1.82) is 0 Å². The second-order valence-electron chi connectivity index (χ2n) is 9.74. The van der Waals surface area contributed by atoms with Crippen LogP contribution in [0.5, 0.6) is 5.75 Å². The zero-order chi connectivity index (χ0) is 31.6. The van der Waals surface area contributed by atoms with Crippen LogP contribution in [0.1, 0.15) is 42.6 Å². The van der Waals surface area contributed by atoms with Gasteiger partial charge >= 0.3 is 13.7 Å². The van der Waals surface area contributed by atoms with Crippen LogP contribution >= 0.6 is 20.0 Å². The molecule has 0 radical (unpaired) electrons.